The molecule has 148 valence electrons. The SMILES string of the molecule is CCOC(=O)c1ccccc1NC(=O)N1CCN(c2ccc(C)cc2C)CC1. The number of piperazine rings is 1. The molecule has 2 aromatic rings. The van der Waals surface area contributed by atoms with Crippen molar-refractivity contribution in [3.63, 3.8) is 0 Å². The lowest BCUT2D eigenvalue weighted by atomic mass is 10.1. The van der Waals surface area contributed by atoms with Gasteiger partial charge in [-0.05, 0) is 44.5 Å². The molecule has 2 amide bonds. The zero-order valence-electron chi connectivity index (χ0n) is 16.7. The number of esters is 1. The number of amides is 2. The van der Waals surface area contributed by atoms with Gasteiger partial charge in [0.05, 0.1) is 17.9 Å². The van der Waals surface area contributed by atoms with Crippen LogP contribution in [0.15, 0.2) is 42.5 Å². The Morgan fingerprint density at radius 3 is 2.43 bits per heavy atom. The molecule has 0 radical (unpaired) electrons. The molecule has 0 aliphatic carbocycles. The second-order valence-electron chi connectivity index (χ2n) is 6.96. The number of benzene rings is 2. The molecule has 0 bridgehead atoms. The maximum atomic E-state index is 12.7. The highest BCUT2D eigenvalue weighted by atomic mass is 16.5. The summed E-state index contributed by atoms with van der Waals surface area (Å²) in [6.07, 6.45) is 0. The van der Waals surface area contributed by atoms with E-state index in [1.165, 1.54) is 16.8 Å². The number of hydrogen-bond donors (Lipinski definition) is 1. The van der Waals surface area contributed by atoms with E-state index in [0.29, 0.717) is 30.9 Å². The quantitative estimate of drug-likeness (QED) is 0.818. The summed E-state index contributed by atoms with van der Waals surface area (Å²) in [5, 5.41) is 2.86. The molecule has 2 aromatic carbocycles. The maximum absolute atomic E-state index is 12.7. The molecule has 0 spiro atoms. The summed E-state index contributed by atoms with van der Waals surface area (Å²) in [6.45, 7) is 9.06. The Labute approximate surface area is 166 Å². The van der Waals surface area contributed by atoms with Gasteiger partial charge in [0.25, 0.3) is 0 Å². The number of urea groups is 1. The summed E-state index contributed by atoms with van der Waals surface area (Å²) < 4.78 is 5.07. The minimum atomic E-state index is -0.432. The molecule has 6 heteroatoms. The van der Waals surface area contributed by atoms with Crippen molar-refractivity contribution in [1.29, 1.82) is 0 Å². The van der Waals surface area contributed by atoms with E-state index in [4.69, 9.17) is 4.74 Å². The second-order valence-corrected chi connectivity index (χ2v) is 6.96. The minimum Gasteiger partial charge on any atom is -0.462 e. The highest BCUT2D eigenvalue weighted by Crippen LogP contribution is 2.23. The highest BCUT2D eigenvalue weighted by Gasteiger charge is 2.23. The minimum absolute atomic E-state index is 0.197. The van der Waals surface area contributed by atoms with Crippen LogP contribution in [0.2, 0.25) is 0 Å². The first-order valence-electron chi connectivity index (χ1n) is 9.64. The van der Waals surface area contributed by atoms with Gasteiger partial charge < -0.3 is 19.9 Å². The molecule has 28 heavy (non-hydrogen) atoms. The number of nitrogens with zero attached hydrogens (tertiary/aromatic N) is 2. The van der Waals surface area contributed by atoms with Crippen molar-refractivity contribution in [1.82, 2.24) is 4.90 Å². The van der Waals surface area contributed by atoms with Crippen LogP contribution in [0.1, 0.15) is 28.4 Å². The molecule has 0 aromatic heterocycles. The number of hydrogen-bond acceptors (Lipinski definition) is 4. The van der Waals surface area contributed by atoms with Crippen LogP contribution < -0.4 is 10.2 Å². The predicted molar refractivity (Wildman–Crippen MR) is 111 cm³/mol. The number of aryl methyl sites for hydroxylation is 2. The van der Waals surface area contributed by atoms with Crippen molar-refractivity contribution in [3.05, 3.63) is 59.2 Å². The van der Waals surface area contributed by atoms with Gasteiger partial charge in [0.1, 0.15) is 0 Å². The van der Waals surface area contributed by atoms with Crippen LogP contribution in [-0.2, 0) is 4.74 Å². The number of para-hydroxylation sites is 1. The number of carbonyl (C=O) groups excluding carboxylic acids is 2. The zero-order valence-corrected chi connectivity index (χ0v) is 16.7. The van der Waals surface area contributed by atoms with Crippen LogP contribution in [0.4, 0.5) is 16.2 Å². The first-order chi connectivity index (χ1) is 13.5. The number of carbonyl (C=O) groups is 2. The van der Waals surface area contributed by atoms with E-state index in [1.807, 2.05) is 0 Å². The second kappa shape index (κ2) is 8.78. The number of anilines is 2. The van der Waals surface area contributed by atoms with Crippen LogP contribution in [0.3, 0.4) is 0 Å². The summed E-state index contributed by atoms with van der Waals surface area (Å²) in [5.74, 6) is -0.432. The van der Waals surface area contributed by atoms with E-state index >= 15 is 0 Å². The number of nitrogens with one attached hydrogen (secondary N) is 1. The summed E-state index contributed by atoms with van der Waals surface area (Å²) in [5.41, 5.74) is 4.56. The third-order valence-corrected chi connectivity index (χ3v) is 4.92. The Kier molecular flexibility index (Phi) is 6.19. The van der Waals surface area contributed by atoms with Crippen molar-refractivity contribution in [2.24, 2.45) is 0 Å². The van der Waals surface area contributed by atoms with Gasteiger partial charge in [-0.25, -0.2) is 9.59 Å². The van der Waals surface area contributed by atoms with Crippen molar-refractivity contribution in [2.75, 3.05) is 43.0 Å². The third kappa shape index (κ3) is 4.44. The van der Waals surface area contributed by atoms with E-state index < -0.39 is 5.97 Å². The van der Waals surface area contributed by atoms with Gasteiger partial charge >= 0.3 is 12.0 Å². The molecule has 1 N–H and O–H groups in total. The Balaban J connectivity index is 1.62. The fourth-order valence-corrected chi connectivity index (χ4v) is 3.48. The van der Waals surface area contributed by atoms with E-state index in [0.717, 1.165) is 13.1 Å². The van der Waals surface area contributed by atoms with Gasteiger partial charge in [-0.1, -0.05) is 29.8 Å². The first kappa shape index (κ1) is 19.7. The van der Waals surface area contributed by atoms with Crippen molar-refractivity contribution in [3.8, 4) is 0 Å². The van der Waals surface area contributed by atoms with Gasteiger partial charge in [0.2, 0.25) is 0 Å². The molecule has 1 aliphatic heterocycles. The van der Waals surface area contributed by atoms with E-state index in [1.54, 1.807) is 36.1 Å². The predicted octanol–water partition coefficient (Wildman–Crippen LogP) is 3.83. The van der Waals surface area contributed by atoms with E-state index in [2.05, 4.69) is 42.3 Å². The average Bonchev–Trinajstić information content (AvgIpc) is 2.69. The molecular formula is C22H27N3O3. The van der Waals surface area contributed by atoms with Crippen LogP contribution in [0, 0.1) is 13.8 Å². The van der Waals surface area contributed by atoms with Crippen molar-refractivity contribution in [2.45, 2.75) is 20.8 Å². The average molecular weight is 381 g/mol. The monoisotopic (exact) mass is 381 g/mol. The number of ether oxygens (including phenoxy) is 1. The van der Waals surface area contributed by atoms with Crippen LogP contribution in [0.25, 0.3) is 0 Å². The van der Waals surface area contributed by atoms with E-state index in [-0.39, 0.29) is 6.03 Å². The van der Waals surface area contributed by atoms with Gasteiger partial charge in [-0.15, -0.1) is 0 Å². The third-order valence-electron chi connectivity index (χ3n) is 4.92. The molecule has 1 saturated heterocycles. The van der Waals surface area contributed by atoms with Gasteiger partial charge in [-0.2, -0.15) is 0 Å². The molecule has 1 fully saturated rings. The van der Waals surface area contributed by atoms with Crippen molar-refractivity contribution >= 4 is 23.4 Å². The maximum Gasteiger partial charge on any atom is 0.340 e. The fraction of sp³-hybridized carbons (Fsp3) is 0.364. The van der Waals surface area contributed by atoms with Crippen LogP contribution in [-0.4, -0.2) is 49.7 Å². The summed E-state index contributed by atoms with van der Waals surface area (Å²) in [7, 11) is 0. The highest BCUT2D eigenvalue weighted by molar-refractivity contribution is 6.00. The summed E-state index contributed by atoms with van der Waals surface area (Å²) in [4.78, 5) is 28.9. The molecular weight excluding hydrogens is 354 g/mol. The lowest BCUT2D eigenvalue weighted by molar-refractivity contribution is 0.0527. The largest absolute Gasteiger partial charge is 0.462 e. The zero-order chi connectivity index (χ0) is 20.1. The summed E-state index contributed by atoms with van der Waals surface area (Å²) >= 11 is 0. The Hall–Kier alpha value is -3.02. The first-order valence-corrected chi connectivity index (χ1v) is 9.64. The fourth-order valence-electron chi connectivity index (χ4n) is 3.48. The molecule has 3 rings (SSSR count). The standard InChI is InChI=1S/C22H27N3O3/c1-4-28-21(26)18-7-5-6-8-19(18)23-22(27)25-13-11-24(12-14-25)20-10-9-16(2)15-17(20)3/h5-10,15H,4,11-14H2,1-3H3,(H,23,27). The topological polar surface area (TPSA) is 61.9 Å². The van der Waals surface area contributed by atoms with Crippen LogP contribution >= 0.6 is 0 Å². The smallest absolute Gasteiger partial charge is 0.340 e. The molecule has 1 heterocycles. The van der Waals surface area contributed by atoms with Gasteiger partial charge in [0.15, 0.2) is 0 Å². The molecule has 6 nitrogen and oxygen atoms in total. The molecule has 1 aliphatic rings. The van der Waals surface area contributed by atoms with E-state index in [9.17, 15) is 9.59 Å². The lowest BCUT2D eigenvalue weighted by Crippen LogP contribution is -2.50. The Bertz CT molecular complexity index is 858. The molecule has 0 atom stereocenters. The van der Waals surface area contributed by atoms with Crippen molar-refractivity contribution < 1.29 is 14.3 Å². The molecule has 0 unspecified atom stereocenters. The number of rotatable bonds is 4. The van der Waals surface area contributed by atoms with Gasteiger partial charge in [-0.3, -0.25) is 0 Å². The Morgan fingerprint density at radius 1 is 1.04 bits per heavy atom. The van der Waals surface area contributed by atoms with Gasteiger partial charge in [0, 0.05) is 31.9 Å². The normalized spacial score (nSPS) is 14.0. The Morgan fingerprint density at radius 2 is 1.75 bits per heavy atom. The lowest BCUT2D eigenvalue weighted by Gasteiger charge is -2.36. The summed E-state index contributed by atoms with van der Waals surface area (Å²) in [6, 6.07) is 13.2. The van der Waals surface area contributed by atoms with Crippen LogP contribution in [0.5, 0.6) is 0 Å². The molecule has 0 saturated carbocycles.